The molecule has 0 spiro atoms. The van der Waals surface area contributed by atoms with Crippen molar-refractivity contribution in [2.24, 2.45) is 0 Å². The van der Waals surface area contributed by atoms with E-state index in [-0.39, 0.29) is 36.6 Å². The average Bonchev–Trinajstić information content (AvgIpc) is 2.78. The van der Waals surface area contributed by atoms with Crippen LogP contribution in [0.5, 0.6) is 5.75 Å². The Kier molecular flexibility index (Phi) is 9.54. The van der Waals surface area contributed by atoms with Gasteiger partial charge in [-0.2, -0.15) is 0 Å². The van der Waals surface area contributed by atoms with Crippen molar-refractivity contribution in [1.82, 2.24) is 16.0 Å². The third kappa shape index (κ3) is 8.57. The van der Waals surface area contributed by atoms with Crippen molar-refractivity contribution in [1.29, 1.82) is 0 Å². The maximum Gasteiger partial charge on any atom is 0.513 e. The van der Waals surface area contributed by atoms with Crippen LogP contribution in [0.15, 0.2) is 54.6 Å². The van der Waals surface area contributed by atoms with Crippen molar-refractivity contribution in [3.8, 4) is 5.75 Å². The summed E-state index contributed by atoms with van der Waals surface area (Å²) in [5.41, 5.74) is 0.891. The van der Waals surface area contributed by atoms with E-state index in [0.717, 1.165) is 0 Å². The van der Waals surface area contributed by atoms with Crippen LogP contribution in [0.1, 0.15) is 34.1 Å². The number of nitrogens with one attached hydrogen (secondary N) is 3. The van der Waals surface area contributed by atoms with Crippen molar-refractivity contribution in [3.05, 3.63) is 65.7 Å². The standard InChI is InChI=1S/C22H25N3O6/c1-2-30-22(29)31-18-11-9-17(10-12-18)20(27)24-14-6-13-23-19(26)15-25-21(28)16-7-4-3-5-8-16/h3-5,7-12H,2,6,13-15H2,1H3,(H,23,26)(H,24,27)(H,25,28). The molecular formula is C22H25N3O6. The zero-order valence-corrected chi connectivity index (χ0v) is 17.2. The number of rotatable bonds is 10. The average molecular weight is 427 g/mol. The molecule has 31 heavy (non-hydrogen) atoms. The van der Waals surface area contributed by atoms with Crippen LogP contribution in [0.25, 0.3) is 0 Å². The summed E-state index contributed by atoms with van der Waals surface area (Å²) in [6.45, 7) is 2.47. The minimum Gasteiger partial charge on any atom is -0.434 e. The lowest BCUT2D eigenvalue weighted by Crippen LogP contribution is -2.38. The Balaban J connectivity index is 1.60. The Morgan fingerprint density at radius 3 is 2.06 bits per heavy atom. The molecule has 0 unspecified atom stereocenters. The van der Waals surface area contributed by atoms with E-state index in [0.29, 0.717) is 30.6 Å². The second-order valence-electron chi connectivity index (χ2n) is 6.32. The highest BCUT2D eigenvalue weighted by atomic mass is 16.7. The highest BCUT2D eigenvalue weighted by molar-refractivity contribution is 5.96. The first-order valence-corrected chi connectivity index (χ1v) is 9.82. The molecule has 0 fully saturated rings. The van der Waals surface area contributed by atoms with Gasteiger partial charge in [-0.15, -0.1) is 0 Å². The molecule has 2 aromatic rings. The number of carbonyl (C=O) groups excluding carboxylic acids is 4. The van der Waals surface area contributed by atoms with Gasteiger partial charge in [0.25, 0.3) is 11.8 Å². The van der Waals surface area contributed by atoms with Gasteiger partial charge in [0.05, 0.1) is 13.2 Å². The molecule has 0 saturated carbocycles. The predicted octanol–water partition coefficient (Wildman–Crippen LogP) is 1.89. The zero-order chi connectivity index (χ0) is 22.5. The van der Waals surface area contributed by atoms with Crippen molar-refractivity contribution < 1.29 is 28.7 Å². The summed E-state index contributed by atoms with van der Waals surface area (Å²) in [7, 11) is 0. The molecule has 9 heteroatoms. The van der Waals surface area contributed by atoms with Gasteiger partial charge in [0.15, 0.2) is 0 Å². The number of amides is 3. The second kappa shape index (κ2) is 12.6. The van der Waals surface area contributed by atoms with Crippen molar-refractivity contribution in [2.45, 2.75) is 13.3 Å². The number of ether oxygens (including phenoxy) is 2. The molecule has 0 aliphatic rings. The Hall–Kier alpha value is -3.88. The summed E-state index contributed by atoms with van der Waals surface area (Å²) >= 11 is 0. The summed E-state index contributed by atoms with van der Waals surface area (Å²) < 4.78 is 9.60. The van der Waals surface area contributed by atoms with Crippen LogP contribution in [-0.2, 0) is 9.53 Å². The number of carbonyl (C=O) groups is 4. The minimum atomic E-state index is -0.804. The molecular weight excluding hydrogens is 402 g/mol. The molecule has 3 amide bonds. The highest BCUT2D eigenvalue weighted by Gasteiger charge is 2.09. The normalized spacial score (nSPS) is 9.97. The molecule has 2 rings (SSSR count). The lowest BCUT2D eigenvalue weighted by atomic mass is 10.2. The van der Waals surface area contributed by atoms with E-state index in [9.17, 15) is 19.2 Å². The molecule has 0 bridgehead atoms. The first kappa shape index (κ1) is 23.4. The van der Waals surface area contributed by atoms with E-state index in [1.165, 1.54) is 24.3 Å². The summed E-state index contributed by atoms with van der Waals surface area (Å²) in [4.78, 5) is 47.0. The molecule has 0 heterocycles. The van der Waals surface area contributed by atoms with E-state index in [1.807, 2.05) is 0 Å². The molecule has 0 radical (unpaired) electrons. The van der Waals surface area contributed by atoms with E-state index in [2.05, 4.69) is 20.7 Å². The maximum atomic E-state index is 12.1. The molecule has 0 aliphatic carbocycles. The third-order valence-corrected chi connectivity index (χ3v) is 3.99. The summed E-state index contributed by atoms with van der Waals surface area (Å²) in [6, 6.07) is 14.7. The lowest BCUT2D eigenvalue weighted by molar-refractivity contribution is -0.120. The molecule has 9 nitrogen and oxygen atoms in total. The Morgan fingerprint density at radius 2 is 1.39 bits per heavy atom. The predicted molar refractivity (Wildman–Crippen MR) is 113 cm³/mol. The van der Waals surface area contributed by atoms with E-state index >= 15 is 0 Å². The SMILES string of the molecule is CCOC(=O)Oc1ccc(C(=O)NCCCNC(=O)CNC(=O)c2ccccc2)cc1. The Morgan fingerprint density at radius 1 is 0.774 bits per heavy atom. The Labute approximate surface area is 180 Å². The highest BCUT2D eigenvalue weighted by Crippen LogP contribution is 2.13. The van der Waals surface area contributed by atoms with E-state index in [4.69, 9.17) is 4.74 Å². The smallest absolute Gasteiger partial charge is 0.434 e. The van der Waals surface area contributed by atoms with Gasteiger partial charge >= 0.3 is 6.16 Å². The topological polar surface area (TPSA) is 123 Å². The first-order chi connectivity index (χ1) is 15.0. The number of benzene rings is 2. The third-order valence-electron chi connectivity index (χ3n) is 3.99. The van der Waals surface area contributed by atoms with Gasteiger partial charge in [0.1, 0.15) is 5.75 Å². The van der Waals surface area contributed by atoms with Gasteiger partial charge in [0.2, 0.25) is 5.91 Å². The molecule has 164 valence electrons. The fourth-order valence-electron chi connectivity index (χ4n) is 2.45. The van der Waals surface area contributed by atoms with Crippen LogP contribution in [0.4, 0.5) is 4.79 Å². The summed E-state index contributed by atoms with van der Waals surface area (Å²) in [5.74, 6) is -0.643. The van der Waals surface area contributed by atoms with Crippen LogP contribution in [0, 0.1) is 0 Å². The number of hydrogen-bond donors (Lipinski definition) is 3. The molecule has 0 saturated heterocycles. The fourth-order valence-corrected chi connectivity index (χ4v) is 2.45. The van der Waals surface area contributed by atoms with Crippen LogP contribution in [0.2, 0.25) is 0 Å². The van der Waals surface area contributed by atoms with Crippen LogP contribution < -0.4 is 20.7 Å². The van der Waals surface area contributed by atoms with Gasteiger partial charge in [-0.3, -0.25) is 14.4 Å². The maximum absolute atomic E-state index is 12.1. The minimum absolute atomic E-state index is 0.125. The van der Waals surface area contributed by atoms with Crippen molar-refractivity contribution in [2.75, 3.05) is 26.2 Å². The molecule has 2 aromatic carbocycles. The second-order valence-corrected chi connectivity index (χ2v) is 6.32. The van der Waals surface area contributed by atoms with Gasteiger partial charge in [-0.1, -0.05) is 18.2 Å². The summed E-state index contributed by atoms with van der Waals surface area (Å²) in [6.07, 6.45) is -0.282. The molecule has 3 N–H and O–H groups in total. The van der Waals surface area contributed by atoms with E-state index < -0.39 is 6.16 Å². The van der Waals surface area contributed by atoms with Crippen molar-refractivity contribution >= 4 is 23.9 Å². The van der Waals surface area contributed by atoms with Gasteiger partial charge in [0, 0.05) is 24.2 Å². The van der Waals surface area contributed by atoms with Crippen LogP contribution in [0.3, 0.4) is 0 Å². The number of hydrogen-bond acceptors (Lipinski definition) is 6. The van der Waals surface area contributed by atoms with E-state index in [1.54, 1.807) is 37.3 Å². The molecule has 0 aromatic heterocycles. The Bertz CT molecular complexity index is 884. The zero-order valence-electron chi connectivity index (χ0n) is 17.2. The van der Waals surface area contributed by atoms with Crippen molar-refractivity contribution in [3.63, 3.8) is 0 Å². The molecule has 0 atom stereocenters. The summed E-state index contributed by atoms with van der Waals surface area (Å²) in [5, 5.41) is 7.95. The van der Waals surface area contributed by atoms with Gasteiger partial charge in [-0.25, -0.2) is 4.79 Å². The monoisotopic (exact) mass is 427 g/mol. The van der Waals surface area contributed by atoms with Crippen LogP contribution in [-0.4, -0.2) is 50.1 Å². The van der Waals surface area contributed by atoms with Crippen LogP contribution >= 0.6 is 0 Å². The van der Waals surface area contributed by atoms with Gasteiger partial charge < -0.3 is 25.4 Å². The lowest BCUT2D eigenvalue weighted by Gasteiger charge is -2.08. The first-order valence-electron chi connectivity index (χ1n) is 9.82. The quantitative estimate of drug-likeness (QED) is 0.302. The fraction of sp³-hybridized carbons (Fsp3) is 0.273. The largest absolute Gasteiger partial charge is 0.513 e. The van der Waals surface area contributed by atoms with Gasteiger partial charge in [-0.05, 0) is 49.7 Å². The molecule has 0 aliphatic heterocycles.